The molecule has 6 aliphatic rings. The van der Waals surface area contributed by atoms with Gasteiger partial charge in [0.2, 0.25) is 0 Å². The summed E-state index contributed by atoms with van der Waals surface area (Å²) in [7, 11) is -6.93. The lowest BCUT2D eigenvalue weighted by atomic mass is 9.54. The highest BCUT2D eigenvalue weighted by Gasteiger charge is 2.76. The van der Waals surface area contributed by atoms with Crippen molar-refractivity contribution in [2.75, 3.05) is 13.2 Å². The maximum Gasteiger partial charge on any atom is 0.451 e. The molecule has 1 aliphatic heterocycles. The second-order valence-corrected chi connectivity index (χ2v) is 13.1. The molecule has 0 aromatic heterocycles. The molecule has 15 heteroatoms. The van der Waals surface area contributed by atoms with E-state index < -0.39 is 56.9 Å². The van der Waals surface area contributed by atoms with Crippen LogP contribution in [0.1, 0.15) is 64.2 Å². The number of esters is 1. The normalized spacial score (nSPS) is 37.2. The summed E-state index contributed by atoms with van der Waals surface area (Å²) < 4.78 is 145. The summed E-state index contributed by atoms with van der Waals surface area (Å²) in [4.78, 5) is 12.8. The summed E-state index contributed by atoms with van der Waals surface area (Å²) >= 11 is 0. The molecule has 1 spiro atoms. The number of hydrogen-bond donors (Lipinski definition) is 0. The molecule has 5 saturated carbocycles. The third-order valence-corrected chi connectivity index (χ3v) is 10.3. The van der Waals surface area contributed by atoms with Crippen LogP contribution in [0.5, 0.6) is 0 Å². The number of hydrogen-bond acceptors (Lipinski definition) is 7. The fraction of sp³-hybridized carbons (Fsp3) is 0.957. The minimum atomic E-state index is -6.93. The number of carbonyl (C=O) groups is 1. The zero-order chi connectivity index (χ0) is 27.8. The van der Waals surface area contributed by atoms with Gasteiger partial charge >= 0.3 is 33.4 Å². The first-order valence-corrected chi connectivity index (χ1v) is 14.2. The fourth-order valence-electron chi connectivity index (χ4n) is 7.64. The highest BCUT2D eigenvalue weighted by molar-refractivity contribution is 7.88. The van der Waals surface area contributed by atoms with Gasteiger partial charge in [0.05, 0.1) is 13.2 Å². The van der Waals surface area contributed by atoms with Gasteiger partial charge in [-0.3, -0.25) is 4.18 Å². The number of ether oxygens (including phenoxy) is 3. The number of carbonyl (C=O) groups excluding carboxylic acids is 1. The van der Waals surface area contributed by atoms with E-state index in [1.807, 2.05) is 0 Å². The summed E-state index contributed by atoms with van der Waals surface area (Å²) in [5.74, 6) is -6.58. The Morgan fingerprint density at radius 3 is 1.87 bits per heavy atom. The van der Waals surface area contributed by atoms with Crippen molar-refractivity contribution in [2.24, 2.45) is 23.7 Å². The molecule has 218 valence electrons. The SMILES string of the molecule is O=C(OC12CC3CC(CC(C3)C1)C2)C(F)(C(F)(F)F)S(=O)(=O)OC(C1CCCC12OCCCO2)C(F)(F)F. The van der Waals surface area contributed by atoms with Crippen molar-refractivity contribution >= 4 is 16.1 Å². The molecule has 0 aromatic rings. The highest BCUT2D eigenvalue weighted by atomic mass is 32.2. The molecular formula is C23H29F7O7S. The van der Waals surface area contributed by atoms with Crippen molar-refractivity contribution in [2.45, 2.75) is 99.1 Å². The van der Waals surface area contributed by atoms with Crippen molar-refractivity contribution in [1.29, 1.82) is 0 Å². The molecule has 5 aliphatic carbocycles. The van der Waals surface area contributed by atoms with Crippen LogP contribution in [0, 0.1) is 23.7 Å². The molecular weight excluding hydrogens is 553 g/mol. The van der Waals surface area contributed by atoms with E-state index in [2.05, 4.69) is 4.18 Å². The fourth-order valence-corrected chi connectivity index (χ4v) is 8.81. The molecule has 4 bridgehead atoms. The van der Waals surface area contributed by atoms with Crippen molar-refractivity contribution in [3.05, 3.63) is 0 Å². The lowest BCUT2D eigenvalue weighted by Crippen LogP contribution is -2.62. The standard InChI is InChI=1S/C23H29F7O7S/c24-21(23(28,29)30,18(31)36-19-10-13-7-14(11-19)9-15(8-13)12-19)38(32,33)37-17(22(25,26)27)16-3-1-4-20(16)34-5-2-6-35-20/h13-17H,1-12H2. The second kappa shape index (κ2) is 9.16. The molecule has 38 heavy (non-hydrogen) atoms. The van der Waals surface area contributed by atoms with E-state index in [1.54, 1.807) is 0 Å². The Balaban J connectivity index is 1.45. The van der Waals surface area contributed by atoms with Crippen LogP contribution < -0.4 is 0 Å². The molecule has 6 fully saturated rings. The minimum Gasteiger partial charge on any atom is -0.456 e. The first-order chi connectivity index (χ1) is 17.5. The molecule has 6 rings (SSSR count). The Bertz CT molecular complexity index is 1000. The molecule has 0 N–H and O–H groups in total. The van der Waals surface area contributed by atoms with Crippen molar-refractivity contribution in [3.63, 3.8) is 0 Å². The number of halogens is 7. The average Bonchev–Trinajstić information content (AvgIpc) is 3.16. The van der Waals surface area contributed by atoms with Crippen LogP contribution in [-0.2, 0) is 33.3 Å². The minimum absolute atomic E-state index is 0.0270. The van der Waals surface area contributed by atoms with Crippen molar-refractivity contribution < 1.29 is 62.3 Å². The van der Waals surface area contributed by atoms with Crippen LogP contribution in [0.4, 0.5) is 30.7 Å². The first-order valence-electron chi connectivity index (χ1n) is 12.8. The third-order valence-electron chi connectivity index (χ3n) is 8.77. The Hall–Kier alpha value is -1.19. The van der Waals surface area contributed by atoms with E-state index in [0.717, 1.165) is 19.3 Å². The van der Waals surface area contributed by atoms with Crippen molar-refractivity contribution in [1.82, 2.24) is 0 Å². The largest absolute Gasteiger partial charge is 0.456 e. The van der Waals surface area contributed by atoms with Gasteiger partial charge in [0.15, 0.2) is 11.9 Å². The van der Waals surface area contributed by atoms with E-state index in [1.165, 1.54) is 0 Å². The predicted octanol–water partition coefficient (Wildman–Crippen LogP) is 4.94. The van der Waals surface area contributed by atoms with Gasteiger partial charge in [0.25, 0.3) is 0 Å². The molecule has 1 saturated heterocycles. The predicted molar refractivity (Wildman–Crippen MR) is 113 cm³/mol. The van der Waals surface area contributed by atoms with Crippen LogP contribution in [0.25, 0.3) is 0 Å². The quantitative estimate of drug-likeness (QED) is 0.249. The zero-order valence-electron chi connectivity index (χ0n) is 20.3. The van der Waals surface area contributed by atoms with E-state index >= 15 is 4.39 Å². The first kappa shape index (κ1) is 28.3. The third kappa shape index (κ3) is 4.62. The van der Waals surface area contributed by atoms with Crippen LogP contribution >= 0.6 is 0 Å². The topological polar surface area (TPSA) is 88.1 Å². The summed E-state index contributed by atoms with van der Waals surface area (Å²) in [6, 6.07) is 0. The van der Waals surface area contributed by atoms with E-state index in [-0.39, 0.29) is 69.5 Å². The second-order valence-electron chi connectivity index (χ2n) is 11.5. The summed E-state index contributed by atoms with van der Waals surface area (Å²) in [6.07, 6.45) is -12.8. The number of alkyl halides is 7. The molecule has 0 radical (unpaired) electrons. The van der Waals surface area contributed by atoms with Gasteiger partial charge in [0, 0.05) is 12.3 Å². The van der Waals surface area contributed by atoms with Crippen LogP contribution in [0.15, 0.2) is 0 Å². The molecule has 1 heterocycles. The van der Waals surface area contributed by atoms with Gasteiger partial charge in [-0.1, -0.05) is 0 Å². The molecule has 7 nitrogen and oxygen atoms in total. The van der Waals surface area contributed by atoms with E-state index in [0.29, 0.717) is 6.42 Å². The van der Waals surface area contributed by atoms with E-state index in [4.69, 9.17) is 14.2 Å². The van der Waals surface area contributed by atoms with Gasteiger partial charge in [-0.2, -0.15) is 34.8 Å². The molecule has 0 amide bonds. The maximum absolute atomic E-state index is 15.7. The molecule has 0 aromatic carbocycles. The average molecular weight is 583 g/mol. The summed E-state index contributed by atoms with van der Waals surface area (Å²) in [5, 5.41) is -5.87. The van der Waals surface area contributed by atoms with Crippen LogP contribution in [0.3, 0.4) is 0 Å². The number of rotatable bonds is 6. The van der Waals surface area contributed by atoms with Crippen LogP contribution in [0.2, 0.25) is 0 Å². The van der Waals surface area contributed by atoms with Crippen molar-refractivity contribution in [3.8, 4) is 0 Å². The zero-order valence-corrected chi connectivity index (χ0v) is 21.1. The smallest absolute Gasteiger partial charge is 0.451 e. The van der Waals surface area contributed by atoms with Gasteiger partial charge in [0.1, 0.15) is 5.60 Å². The van der Waals surface area contributed by atoms with Gasteiger partial charge < -0.3 is 14.2 Å². The Morgan fingerprint density at radius 1 is 0.868 bits per heavy atom. The molecule has 3 atom stereocenters. The lowest BCUT2D eigenvalue weighted by molar-refractivity contribution is -0.317. The summed E-state index contributed by atoms with van der Waals surface area (Å²) in [6.45, 7) is -0.0539. The lowest BCUT2D eigenvalue weighted by Gasteiger charge is -2.55. The highest BCUT2D eigenvalue weighted by Crippen LogP contribution is 2.58. The van der Waals surface area contributed by atoms with Crippen LogP contribution in [-0.4, -0.2) is 62.4 Å². The Labute approximate surface area is 214 Å². The maximum atomic E-state index is 15.7. The van der Waals surface area contributed by atoms with Gasteiger partial charge in [-0.15, -0.1) is 0 Å². The monoisotopic (exact) mass is 582 g/mol. The van der Waals surface area contributed by atoms with Gasteiger partial charge in [-0.25, -0.2) is 9.18 Å². The Morgan fingerprint density at radius 2 is 1.39 bits per heavy atom. The Kier molecular flexibility index (Phi) is 6.84. The summed E-state index contributed by atoms with van der Waals surface area (Å²) in [5.41, 5.74) is -1.49. The van der Waals surface area contributed by atoms with E-state index in [9.17, 15) is 39.6 Å². The molecule has 3 unspecified atom stereocenters. The van der Waals surface area contributed by atoms with Gasteiger partial charge in [-0.05, 0) is 75.5 Å².